The molecule has 0 fully saturated rings. The van der Waals surface area contributed by atoms with E-state index in [1.807, 2.05) is 0 Å². The zero-order valence-corrected chi connectivity index (χ0v) is 8.85. The summed E-state index contributed by atoms with van der Waals surface area (Å²) in [4.78, 5) is 0. The Labute approximate surface area is 66.7 Å². The first-order valence-corrected chi connectivity index (χ1v) is 4.21. The van der Waals surface area contributed by atoms with Crippen LogP contribution in [0, 0.1) is 0 Å². The van der Waals surface area contributed by atoms with Gasteiger partial charge in [0.15, 0.2) is 0 Å². The second-order valence-corrected chi connectivity index (χ2v) is 5.95. The van der Waals surface area contributed by atoms with Crippen molar-refractivity contribution in [3.05, 3.63) is 0 Å². The zero-order chi connectivity index (χ0) is 8.41. The van der Waals surface area contributed by atoms with Crippen molar-refractivity contribution in [1.82, 2.24) is 0 Å². The van der Waals surface area contributed by atoms with E-state index in [2.05, 4.69) is 43.9 Å². The van der Waals surface area contributed by atoms with Gasteiger partial charge < -0.3 is 4.74 Å². The van der Waals surface area contributed by atoms with E-state index in [0.29, 0.717) is 0 Å². The van der Waals surface area contributed by atoms with Crippen LogP contribution in [0.5, 0.6) is 0 Å². The van der Waals surface area contributed by atoms with Gasteiger partial charge in [-0.05, 0) is 20.8 Å². The minimum atomic E-state index is -0.00611. The smallest absolute Gasteiger partial charge is 0.0598 e. The quantitative estimate of drug-likeness (QED) is 0.567. The van der Waals surface area contributed by atoms with Gasteiger partial charge in [-0.25, -0.2) is 0 Å². The lowest BCUT2D eigenvalue weighted by molar-refractivity contribution is -0.0111. The van der Waals surface area contributed by atoms with Crippen LogP contribution < -0.4 is 0 Å². The Morgan fingerprint density at radius 1 is 1.10 bits per heavy atom. The Bertz CT molecular complexity index is 82.8. The van der Waals surface area contributed by atoms with E-state index in [1.54, 1.807) is 0 Å². The van der Waals surface area contributed by atoms with Crippen LogP contribution in [0.4, 0.5) is 0 Å². The maximum absolute atomic E-state index is 5.57. The van der Waals surface area contributed by atoms with Crippen molar-refractivity contribution in [2.24, 2.45) is 0 Å². The molecule has 0 amide bonds. The Balaban J connectivity index is 3.56. The van der Waals surface area contributed by atoms with Crippen LogP contribution in [-0.4, -0.2) is 17.4 Å². The van der Waals surface area contributed by atoms with E-state index in [-0.39, 0.29) is 10.8 Å². The Morgan fingerprint density at radius 2 is 1.50 bits per heavy atom. The fourth-order valence-electron chi connectivity index (χ4n) is 0.403. The molecule has 0 aromatic carbocycles. The molecular formula is C8H19OP. The molecule has 0 radical (unpaired) electrons. The fourth-order valence-corrected chi connectivity index (χ4v) is 0.486. The highest BCUT2D eigenvalue weighted by atomic mass is 31.0. The lowest BCUT2D eigenvalue weighted by Gasteiger charge is -2.26. The third-order valence-corrected chi connectivity index (χ3v) is 1.04. The molecule has 62 valence electrons. The fraction of sp³-hybridized carbons (Fsp3) is 1.00. The SMILES string of the molecule is CC(C)(P)COC(C)(C)C. The van der Waals surface area contributed by atoms with Gasteiger partial charge in [0.25, 0.3) is 0 Å². The Kier molecular flexibility index (Phi) is 3.32. The zero-order valence-electron chi connectivity index (χ0n) is 7.69. The van der Waals surface area contributed by atoms with E-state index in [4.69, 9.17) is 4.74 Å². The molecular weight excluding hydrogens is 143 g/mol. The molecule has 0 heterocycles. The Morgan fingerprint density at radius 3 is 1.60 bits per heavy atom. The van der Waals surface area contributed by atoms with Gasteiger partial charge in [0.2, 0.25) is 0 Å². The number of hydrogen-bond acceptors (Lipinski definition) is 1. The predicted octanol–water partition coefficient (Wildman–Crippen LogP) is 2.46. The first-order valence-electron chi connectivity index (χ1n) is 3.64. The molecule has 0 aliphatic carbocycles. The van der Waals surface area contributed by atoms with Crippen LogP contribution in [0.25, 0.3) is 0 Å². The van der Waals surface area contributed by atoms with E-state index in [9.17, 15) is 0 Å². The molecule has 0 N–H and O–H groups in total. The van der Waals surface area contributed by atoms with E-state index >= 15 is 0 Å². The summed E-state index contributed by atoms with van der Waals surface area (Å²) in [6, 6.07) is 0. The molecule has 0 bridgehead atoms. The molecule has 1 unspecified atom stereocenters. The van der Waals surface area contributed by atoms with Gasteiger partial charge in [0.1, 0.15) is 0 Å². The highest BCUT2D eigenvalue weighted by Crippen LogP contribution is 2.19. The molecule has 1 atom stereocenters. The maximum atomic E-state index is 5.57. The van der Waals surface area contributed by atoms with Crippen molar-refractivity contribution in [2.75, 3.05) is 6.61 Å². The van der Waals surface area contributed by atoms with Crippen molar-refractivity contribution in [3.8, 4) is 0 Å². The average Bonchev–Trinajstić information content (AvgIpc) is 1.57. The van der Waals surface area contributed by atoms with Gasteiger partial charge in [-0.1, -0.05) is 13.8 Å². The summed E-state index contributed by atoms with van der Waals surface area (Å²) >= 11 is 0. The van der Waals surface area contributed by atoms with E-state index < -0.39 is 0 Å². The standard InChI is InChI=1S/C8H19OP/c1-7(2,3)9-6-8(4,5)10/h6,10H2,1-5H3. The van der Waals surface area contributed by atoms with Crippen molar-refractivity contribution >= 4 is 9.24 Å². The third kappa shape index (κ3) is 8.39. The van der Waals surface area contributed by atoms with Crippen molar-refractivity contribution in [3.63, 3.8) is 0 Å². The average molecular weight is 162 g/mol. The summed E-state index contributed by atoms with van der Waals surface area (Å²) < 4.78 is 5.57. The van der Waals surface area contributed by atoms with Crippen LogP contribution in [0.3, 0.4) is 0 Å². The van der Waals surface area contributed by atoms with Crippen LogP contribution in [-0.2, 0) is 4.74 Å². The first kappa shape index (κ1) is 10.4. The largest absolute Gasteiger partial charge is 0.375 e. The molecule has 10 heavy (non-hydrogen) atoms. The van der Waals surface area contributed by atoms with Gasteiger partial charge >= 0.3 is 0 Å². The first-order chi connectivity index (χ1) is 4.21. The molecule has 1 nitrogen and oxygen atoms in total. The minimum Gasteiger partial charge on any atom is -0.375 e. The van der Waals surface area contributed by atoms with Crippen molar-refractivity contribution < 1.29 is 4.74 Å². The van der Waals surface area contributed by atoms with Crippen LogP contribution in [0.2, 0.25) is 0 Å². The van der Waals surface area contributed by atoms with Crippen LogP contribution in [0.15, 0.2) is 0 Å². The molecule has 0 aromatic rings. The normalized spacial score (nSPS) is 13.8. The summed E-state index contributed by atoms with van der Waals surface area (Å²) in [6.07, 6.45) is 0. The van der Waals surface area contributed by atoms with E-state index in [0.717, 1.165) is 6.61 Å². The molecule has 0 aromatic heterocycles. The molecule has 0 saturated heterocycles. The third-order valence-electron chi connectivity index (χ3n) is 0.877. The van der Waals surface area contributed by atoms with Gasteiger partial charge in [-0.3, -0.25) is 0 Å². The van der Waals surface area contributed by atoms with Crippen LogP contribution in [0.1, 0.15) is 34.6 Å². The summed E-state index contributed by atoms with van der Waals surface area (Å²) in [5, 5.41) is 0.202. The highest BCUT2D eigenvalue weighted by molar-refractivity contribution is 7.18. The summed E-state index contributed by atoms with van der Waals surface area (Å²) in [5.74, 6) is 0. The number of hydrogen-bond donors (Lipinski definition) is 0. The molecule has 2 heteroatoms. The van der Waals surface area contributed by atoms with Crippen molar-refractivity contribution in [1.29, 1.82) is 0 Å². The van der Waals surface area contributed by atoms with Gasteiger partial charge in [-0.15, -0.1) is 9.24 Å². The molecule has 0 rings (SSSR count). The van der Waals surface area contributed by atoms with Gasteiger partial charge in [-0.2, -0.15) is 0 Å². The molecule has 0 aliphatic rings. The minimum absolute atomic E-state index is 0.00611. The predicted molar refractivity (Wildman–Crippen MR) is 49.5 cm³/mol. The summed E-state index contributed by atoms with van der Waals surface area (Å²) in [7, 11) is 2.77. The maximum Gasteiger partial charge on any atom is 0.0598 e. The molecule has 0 saturated carbocycles. The number of ether oxygens (including phenoxy) is 1. The lowest BCUT2D eigenvalue weighted by Crippen LogP contribution is -2.28. The van der Waals surface area contributed by atoms with Gasteiger partial charge in [0.05, 0.1) is 12.2 Å². The topological polar surface area (TPSA) is 9.23 Å². The molecule has 0 aliphatic heterocycles. The monoisotopic (exact) mass is 162 g/mol. The second-order valence-electron chi connectivity index (χ2n) is 4.39. The summed E-state index contributed by atoms with van der Waals surface area (Å²) in [5.41, 5.74) is -0.00611. The van der Waals surface area contributed by atoms with E-state index in [1.165, 1.54) is 0 Å². The highest BCUT2D eigenvalue weighted by Gasteiger charge is 2.16. The molecule has 0 spiro atoms. The van der Waals surface area contributed by atoms with Gasteiger partial charge in [0, 0.05) is 5.16 Å². The Hall–Kier alpha value is 0.390. The van der Waals surface area contributed by atoms with Crippen LogP contribution >= 0.6 is 9.24 Å². The second kappa shape index (κ2) is 3.19. The lowest BCUT2D eigenvalue weighted by atomic mass is 10.1. The van der Waals surface area contributed by atoms with Crippen molar-refractivity contribution in [2.45, 2.75) is 45.4 Å². The summed E-state index contributed by atoms with van der Waals surface area (Å²) in [6.45, 7) is 11.3. The number of rotatable bonds is 2.